The quantitative estimate of drug-likeness (QED) is 0.837. The summed E-state index contributed by atoms with van der Waals surface area (Å²) in [7, 11) is -2.95. The first-order valence-corrected chi connectivity index (χ1v) is 7.74. The van der Waals surface area contributed by atoms with E-state index < -0.39 is 9.84 Å². The van der Waals surface area contributed by atoms with Crippen molar-refractivity contribution in [3.63, 3.8) is 0 Å². The first-order valence-electron chi connectivity index (χ1n) is 5.92. The minimum atomic E-state index is -2.95. The molecule has 0 amide bonds. The molecule has 1 saturated heterocycles. The molecule has 1 aliphatic heterocycles. The van der Waals surface area contributed by atoms with Crippen molar-refractivity contribution >= 4 is 15.6 Å². The largest absolute Gasteiger partial charge is 0.299 e. The van der Waals surface area contributed by atoms with Crippen molar-refractivity contribution in [3.05, 3.63) is 35.6 Å². The third kappa shape index (κ3) is 3.38. The Labute approximate surface area is 106 Å². The Kier molecular flexibility index (Phi) is 3.80. The molecule has 1 heterocycles. The summed E-state index contributed by atoms with van der Waals surface area (Å²) in [5.41, 5.74) is 0.378. The monoisotopic (exact) mass is 270 g/mol. The molecule has 0 aromatic heterocycles. The van der Waals surface area contributed by atoms with Gasteiger partial charge in [0.25, 0.3) is 0 Å². The van der Waals surface area contributed by atoms with Crippen LogP contribution in [0.1, 0.15) is 18.4 Å². The van der Waals surface area contributed by atoms with Gasteiger partial charge in [0.05, 0.1) is 11.5 Å². The Balaban J connectivity index is 1.92. The van der Waals surface area contributed by atoms with Crippen LogP contribution < -0.4 is 0 Å². The molecule has 0 bridgehead atoms. The van der Waals surface area contributed by atoms with E-state index in [4.69, 9.17) is 0 Å². The molecule has 3 nitrogen and oxygen atoms in total. The molecule has 0 N–H and O–H groups in total. The van der Waals surface area contributed by atoms with E-state index in [9.17, 15) is 17.6 Å². The van der Waals surface area contributed by atoms with Crippen LogP contribution in [0, 0.1) is 11.7 Å². The van der Waals surface area contributed by atoms with Crippen LogP contribution in [0.15, 0.2) is 24.3 Å². The van der Waals surface area contributed by atoms with Crippen molar-refractivity contribution in [2.24, 2.45) is 5.92 Å². The molecular weight excluding hydrogens is 255 g/mol. The lowest BCUT2D eigenvalue weighted by molar-refractivity contribution is -0.119. The van der Waals surface area contributed by atoms with E-state index in [0.29, 0.717) is 12.0 Å². The fraction of sp³-hybridized carbons (Fsp3) is 0.462. The summed E-state index contributed by atoms with van der Waals surface area (Å²) in [5.74, 6) is -0.304. The van der Waals surface area contributed by atoms with E-state index >= 15 is 0 Å². The van der Waals surface area contributed by atoms with Gasteiger partial charge < -0.3 is 0 Å². The van der Waals surface area contributed by atoms with Gasteiger partial charge in [0, 0.05) is 12.8 Å². The van der Waals surface area contributed by atoms with Crippen molar-refractivity contribution in [1.82, 2.24) is 0 Å². The van der Waals surface area contributed by atoms with Crippen molar-refractivity contribution in [2.75, 3.05) is 11.5 Å². The molecular formula is C13H15FO3S. The highest BCUT2D eigenvalue weighted by Crippen LogP contribution is 2.22. The number of ketones is 1. The summed E-state index contributed by atoms with van der Waals surface area (Å²) in [5, 5.41) is 0. The van der Waals surface area contributed by atoms with E-state index in [1.54, 1.807) is 18.2 Å². The van der Waals surface area contributed by atoms with Crippen LogP contribution >= 0.6 is 0 Å². The summed E-state index contributed by atoms with van der Waals surface area (Å²) >= 11 is 0. The molecule has 0 radical (unpaired) electrons. The van der Waals surface area contributed by atoms with Crippen LogP contribution in [0.5, 0.6) is 0 Å². The molecule has 5 heteroatoms. The number of hydrogen-bond donors (Lipinski definition) is 0. The highest BCUT2D eigenvalue weighted by molar-refractivity contribution is 7.91. The molecule has 98 valence electrons. The van der Waals surface area contributed by atoms with Gasteiger partial charge in [0.1, 0.15) is 11.6 Å². The zero-order valence-electron chi connectivity index (χ0n) is 9.93. The second-order valence-electron chi connectivity index (χ2n) is 4.78. The Morgan fingerprint density at radius 1 is 1.33 bits per heavy atom. The van der Waals surface area contributed by atoms with E-state index in [-0.39, 0.29) is 41.9 Å². The van der Waals surface area contributed by atoms with Crippen molar-refractivity contribution in [3.8, 4) is 0 Å². The Bertz CT molecular complexity index is 551. The minimum Gasteiger partial charge on any atom is -0.299 e. The second kappa shape index (κ2) is 5.18. The Morgan fingerprint density at radius 3 is 2.67 bits per heavy atom. The van der Waals surface area contributed by atoms with Gasteiger partial charge in [0.15, 0.2) is 9.84 Å². The second-order valence-corrected chi connectivity index (χ2v) is 7.01. The topological polar surface area (TPSA) is 51.2 Å². The van der Waals surface area contributed by atoms with Crippen molar-refractivity contribution < 1.29 is 17.6 Å². The number of benzene rings is 1. The van der Waals surface area contributed by atoms with Gasteiger partial charge in [-0.25, -0.2) is 12.8 Å². The van der Waals surface area contributed by atoms with Gasteiger partial charge in [0.2, 0.25) is 0 Å². The lowest BCUT2D eigenvalue weighted by atomic mass is 9.98. The maximum atomic E-state index is 13.3. The van der Waals surface area contributed by atoms with E-state index in [0.717, 1.165) is 0 Å². The Hall–Kier alpha value is -1.23. The highest BCUT2D eigenvalue weighted by atomic mass is 32.2. The minimum absolute atomic E-state index is 0.0449. The average molecular weight is 270 g/mol. The fourth-order valence-electron chi connectivity index (χ4n) is 2.28. The molecule has 18 heavy (non-hydrogen) atoms. The average Bonchev–Trinajstić information content (AvgIpc) is 2.61. The zero-order valence-corrected chi connectivity index (χ0v) is 10.7. The number of hydrogen-bond acceptors (Lipinski definition) is 3. The number of halogens is 1. The van der Waals surface area contributed by atoms with Crippen LogP contribution in [-0.2, 0) is 21.1 Å². The maximum Gasteiger partial charge on any atom is 0.150 e. The zero-order chi connectivity index (χ0) is 13.2. The summed E-state index contributed by atoms with van der Waals surface area (Å²) in [6.07, 6.45) is 0.822. The molecule has 2 rings (SSSR count). The van der Waals surface area contributed by atoms with E-state index in [2.05, 4.69) is 0 Å². The van der Waals surface area contributed by atoms with Crippen LogP contribution in [0.4, 0.5) is 4.39 Å². The molecule has 1 atom stereocenters. The van der Waals surface area contributed by atoms with Crippen LogP contribution in [0.3, 0.4) is 0 Å². The van der Waals surface area contributed by atoms with Crippen molar-refractivity contribution in [1.29, 1.82) is 0 Å². The first-order chi connectivity index (χ1) is 8.46. The SMILES string of the molecule is O=C(Cc1ccccc1F)CC1CCS(=O)(=O)C1. The number of Topliss-reactive ketones (excluding diaryl/α,β-unsaturated/α-hetero) is 1. The van der Waals surface area contributed by atoms with Gasteiger partial charge in [-0.3, -0.25) is 4.79 Å². The predicted octanol–water partition coefficient (Wildman–Crippen LogP) is 1.76. The lowest BCUT2D eigenvalue weighted by Gasteiger charge is -2.07. The molecule has 1 aromatic carbocycles. The van der Waals surface area contributed by atoms with E-state index in [1.807, 2.05) is 0 Å². The smallest absolute Gasteiger partial charge is 0.150 e. The lowest BCUT2D eigenvalue weighted by Crippen LogP contribution is -2.12. The standard InChI is InChI=1S/C13H15FO3S/c14-13-4-2-1-3-11(13)8-12(15)7-10-5-6-18(16,17)9-10/h1-4,10H,5-9H2. The number of sulfone groups is 1. The highest BCUT2D eigenvalue weighted by Gasteiger charge is 2.29. The molecule has 0 spiro atoms. The molecule has 1 fully saturated rings. The van der Waals surface area contributed by atoms with Gasteiger partial charge >= 0.3 is 0 Å². The third-order valence-electron chi connectivity index (χ3n) is 3.19. The summed E-state index contributed by atoms with van der Waals surface area (Å²) in [4.78, 5) is 11.8. The molecule has 1 aliphatic rings. The summed E-state index contributed by atoms with van der Waals surface area (Å²) in [6, 6.07) is 6.17. The summed E-state index contributed by atoms with van der Waals surface area (Å²) < 4.78 is 35.9. The number of carbonyl (C=O) groups is 1. The number of carbonyl (C=O) groups excluding carboxylic acids is 1. The predicted molar refractivity (Wildman–Crippen MR) is 66.5 cm³/mol. The summed E-state index contributed by atoms with van der Waals surface area (Å²) in [6.45, 7) is 0. The number of rotatable bonds is 4. The first kappa shape index (κ1) is 13.2. The van der Waals surface area contributed by atoms with Crippen LogP contribution in [0.2, 0.25) is 0 Å². The molecule has 0 saturated carbocycles. The van der Waals surface area contributed by atoms with Crippen LogP contribution in [-0.4, -0.2) is 25.7 Å². The Morgan fingerprint density at radius 2 is 2.06 bits per heavy atom. The fourth-order valence-corrected chi connectivity index (χ4v) is 4.14. The van der Waals surface area contributed by atoms with Crippen LogP contribution in [0.25, 0.3) is 0 Å². The normalized spacial score (nSPS) is 21.9. The molecule has 1 aromatic rings. The van der Waals surface area contributed by atoms with Gasteiger partial charge in [-0.15, -0.1) is 0 Å². The molecule has 1 unspecified atom stereocenters. The third-order valence-corrected chi connectivity index (χ3v) is 5.03. The van der Waals surface area contributed by atoms with E-state index in [1.165, 1.54) is 6.07 Å². The van der Waals surface area contributed by atoms with Gasteiger partial charge in [-0.1, -0.05) is 18.2 Å². The maximum absolute atomic E-state index is 13.3. The molecule has 0 aliphatic carbocycles. The van der Waals surface area contributed by atoms with Gasteiger partial charge in [-0.2, -0.15) is 0 Å². The van der Waals surface area contributed by atoms with Crippen molar-refractivity contribution in [2.45, 2.75) is 19.3 Å². The van der Waals surface area contributed by atoms with Gasteiger partial charge in [-0.05, 0) is 24.0 Å².